The first-order valence-corrected chi connectivity index (χ1v) is 14.0. The van der Waals surface area contributed by atoms with Gasteiger partial charge in [0.25, 0.3) is 0 Å². The van der Waals surface area contributed by atoms with Gasteiger partial charge in [-0.25, -0.2) is 43.7 Å². The summed E-state index contributed by atoms with van der Waals surface area (Å²) >= 11 is 0. The standard InChI is InChI=1S/C32H30N6O9/c1-2-32(47-31(44)38-28-11-5-8-25(14-28)17-35-22-41,18-45-29(42)36-26-9-3-6-23(12-26)15-33-20-39)19-46-30(43)37-27-10-4-7-24(13-27)16-34-21-40/h3-14H,2,15-19H2,1H3,(H,36,42)(H,37,43)(H,38,44). The number of anilines is 3. The summed E-state index contributed by atoms with van der Waals surface area (Å²) in [5.41, 5.74) is 1.29. The summed E-state index contributed by atoms with van der Waals surface area (Å²) in [5, 5.41) is 7.65. The second-order valence-corrected chi connectivity index (χ2v) is 9.78. The minimum Gasteiger partial charge on any atom is -0.445 e. The SMILES string of the molecule is CCC(COC(=O)Nc1cccc(CN=C=O)c1)(COC(=O)Nc1cccc(CN=C=O)c1)OC(=O)Nc1cccc(CN=C=O)c1. The highest BCUT2D eigenvalue weighted by atomic mass is 16.6. The molecule has 0 aliphatic carbocycles. The number of hydrogen-bond donors (Lipinski definition) is 3. The zero-order valence-corrected chi connectivity index (χ0v) is 25.2. The molecule has 0 atom stereocenters. The van der Waals surface area contributed by atoms with Crippen LogP contribution in [0, 0.1) is 0 Å². The van der Waals surface area contributed by atoms with E-state index >= 15 is 0 Å². The predicted molar refractivity (Wildman–Crippen MR) is 168 cm³/mol. The van der Waals surface area contributed by atoms with Gasteiger partial charge >= 0.3 is 18.3 Å². The Morgan fingerprint density at radius 2 is 0.979 bits per heavy atom. The summed E-state index contributed by atoms with van der Waals surface area (Å²) in [7, 11) is 0. The fraction of sp³-hybridized carbons (Fsp3) is 0.250. The van der Waals surface area contributed by atoms with Crippen molar-refractivity contribution in [3.63, 3.8) is 0 Å². The number of benzene rings is 3. The molecule has 0 aromatic heterocycles. The number of amides is 3. The van der Waals surface area contributed by atoms with Crippen LogP contribution in [-0.2, 0) is 48.2 Å². The molecule has 3 aromatic carbocycles. The monoisotopic (exact) mass is 642 g/mol. The van der Waals surface area contributed by atoms with E-state index in [1.54, 1.807) is 79.7 Å². The molecule has 15 nitrogen and oxygen atoms in total. The zero-order chi connectivity index (χ0) is 33.9. The maximum atomic E-state index is 13.0. The fourth-order valence-corrected chi connectivity index (χ4v) is 4.03. The normalized spacial score (nSPS) is 11.2. The van der Waals surface area contributed by atoms with E-state index < -0.39 is 37.1 Å². The van der Waals surface area contributed by atoms with Gasteiger partial charge in [-0.1, -0.05) is 43.3 Å². The van der Waals surface area contributed by atoms with Gasteiger partial charge in [0, 0.05) is 17.1 Å². The third-order valence-electron chi connectivity index (χ3n) is 6.38. The van der Waals surface area contributed by atoms with Crippen molar-refractivity contribution in [2.75, 3.05) is 29.2 Å². The molecule has 47 heavy (non-hydrogen) atoms. The van der Waals surface area contributed by atoms with Crippen molar-refractivity contribution < 1.29 is 43.0 Å². The molecule has 0 heterocycles. The number of carbonyl (C=O) groups excluding carboxylic acids is 6. The molecule has 3 N–H and O–H groups in total. The van der Waals surface area contributed by atoms with E-state index in [0.717, 1.165) is 0 Å². The van der Waals surface area contributed by atoms with Gasteiger partial charge in [-0.05, 0) is 59.5 Å². The summed E-state index contributed by atoms with van der Waals surface area (Å²) < 4.78 is 16.5. The van der Waals surface area contributed by atoms with Gasteiger partial charge in [0.1, 0.15) is 13.2 Å². The van der Waals surface area contributed by atoms with E-state index in [0.29, 0.717) is 33.8 Å². The van der Waals surface area contributed by atoms with Crippen LogP contribution in [-0.4, -0.2) is 55.3 Å². The molecule has 0 radical (unpaired) electrons. The van der Waals surface area contributed by atoms with Crippen LogP contribution in [0.25, 0.3) is 0 Å². The lowest BCUT2D eigenvalue weighted by Crippen LogP contribution is -2.46. The van der Waals surface area contributed by atoms with Crippen molar-refractivity contribution in [2.45, 2.75) is 38.6 Å². The molecule has 0 bridgehead atoms. The van der Waals surface area contributed by atoms with Crippen LogP contribution in [0.1, 0.15) is 30.0 Å². The minimum absolute atomic E-state index is 0.0490. The number of carbonyl (C=O) groups is 3. The topological polar surface area (TPSA) is 203 Å². The van der Waals surface area contributed by atoms with Crippen LogP contribution in [0.15, 0.2) is 87.8 Å². The number of nitrogens with zero attached hydrogens (tertiary/aromatic N) is 3. The number of isocyanates is 3. The van der Waals surface area contributed by atoms with E-state index in [9.17, 15) is 28.8 Å². The van der Waals surface area contributed by atoms with Gasteiger partial charge < -0.3 is 14.2 Å². The summed E-state index contributed by atoms with van der Waals surface area (Å²) in [6.07, 6.45) is 1.65. The van der Waals surface area contributed by atoms with Crippen molar-refractivity contribution >= 4 is 53.6 Å². The highest BCUT2D eigenvalue weighted by Crippen LogP contribution is 2.22. The number of rotatable bonds is 15. The van der Waals surface area contributed by atoms with Gasteiger partial charge in [-0.2, -0.15) is 0 Å². The van der Waals surface area contributed by atoms with E-state index in [-0.39, 0.29) is 26.1 Å². The second-order valence-electron chi connectivity index (χ2n) is 9.78. The van der Waals surface area contributed by atoms with E-state index in [4.69, 9.17) is 14.2 Å². The molecule has 0 spiro atoms. The average Bonchev–Trinajstić information content (AvgIpc) is 3.07. The van der Waals surface area contributed by atoms with Crippen LogP contribution >= 0.6 is 0 Å². The van der Waals surface area contributed by atoms with Crippen molar-refractivity contribution in [2.24, 2.45) is 15.0 Å². The number of hydrogen-bond acceptors (Lipinski definition) is 12. The molecular formula is C32H30N6O9. The van der Waals surface area contributed by atoms with Crippen molar-refractivity contribution in [1.82, 2.24) is 0 Å². The highest BCUT2D eigenvalue weighted by Gasteiger charge is 2.37. The van der Waals surface area contributed by atoms with E-state index in [1.807, 2.05) is 0 Å². The molecule has 0 unspecified atom stereocenters. The van der Waals surface area contributed by atoms with Gasteiger partial charge in [0.15, 0.2) is 5.60 Å². The highest BCUT2D eigenvalue weighted by molar-refractivity contribution is 5.86. The molecule has 242 valence electrons. The molecular weight excluding hydrogens is 612 g/mol. The van der Waals surface area contributed by atoms with Crippen molar-refractivity contribution in [1.29, 1.82) is 0 Å². The molecule has 0 fully saturated rings. The van der Waals surface area contributed by atoms with Gasteiger partial charge in [0.05, 0.1) is 19.6 Å². The van der Waals surface area contributed by atoms with Crippen molar-refractivity contribution in [3.05, 3.63) is 89.5 Å². The maximum absolute atomic E-state index is 13.0. The summed E-state index contributed by atoms with van der Waals surface area (Å²) in [6.45, 7) is 0.803. The lowest BCUT2D eigenvalue weighted by atomic mass is 10.0. The predicted octanol–water partition coefficient (Wildman–Crippen LogP) is 5.39. The molecule has 3 aromatic rings. The average molecular weight is 643 g/mol. The molecule has 0 aliphatic heterocycles. The lowest BCUT2D eigenvalue weighted by Gasteiger charge is -2.31. The zero-order valence-electron chi connectivity index (χ0n) is 25.2. The quantitative estimate of drug-likeness (QED) is 0.110. The van der Waals surface area contributed by atoms with Crippen LogP contribution in [0.4, 0.5) is 31.4 Å². The first-order chi connectivity index (χ1) is 22.8. The molecule has 0 aliphatic rings. The Bertz CT molecular complexity index is 1630. The lowest BCUT2D eigenvalue weighted by molar-refractivity contribution is -0.0648. The van der Waals surface area contributed by atoms with Crippen LogP contribution in [0.3, 0.4) is 0 Å². The second kappa shape index (κ2) is 18.4. The Kier molecular flexibility index (Phi) is 13.8. The molecule has 3 amide bonds. The largest absolute Gasteiger partial charge is 0.445 e. The molecule has 3 rings (SSSR count). The summed E-state index contributed by atoms with van der Waals surface area (Å²) in [6, 6.07) is 19.5. The molecule has 0 saturated carbocycles. The Morgan fingerprint density at radius 3 is 1.32 bits per heavy atom. The van der Waals surface area contributed by atoms with Gasteiger partial charge in [-0.15, -0.1) is 0 Å². The summed E-state index contributed by atoms with van der Waals surface area (Å²) in [4.78, 5) is 80.3. The molecule has 15 heteroatoms. The van der Waals surface area contributed by atoms with Crippen LogP contribution in [0.2, 0.25) is 0 Å². The Hall–Kier alpha value is -6.39. The minimum atomic E-state index is -1.64. The van der Waals surface area contributed by atoms with Crippen LogP contribution in [0.5, 0.6) is 0 Å². The summed E-state index contributed by atoms with van der Waals surface area (Å²) in [5.74, 6) is 0. The third kappa shape index (κ3) is 12.3. The van der Waals surface area contributed by atoms with Gasteiger partial charge in [-0.3, -0.25) is 16.0 Å². The maximum Gasteiger partial charge on any atom is 0.412 e. The van der Waals surface area contributed by atoms with E-state index in [1.165, 1.54) is 18.2 Å². The number of nitrogens with one attached hydrogen (secondary N) is 3. The fourth-order valence-electron chi connectivity index (χ4n) is 4.03. The number of aliphatic imine (C=N–C) groups is 3. The smallest absolute Gasteiger partial charge is 0.412 e. The van der Waals surface area contributed by atoms with E-state index in [2.05, 4.69) is 30.9 Å². The Labute approximate surface area is 268 Å². The first-order valence-electron chi connectivity index (χ1n) is 14.0. The number of ether oxygens (including phenoxy) is 3. The third-order valence-corrected chi connectivity index (χ3v) is 6.38. The van der Waals surface area contributed by atoms with Gasteiger partial charge in [0.2, 0.25) is 18.2 Å². The van der Waals surface area contributed by atoms with Crippen molar-refractivity contribution in [3.8, 4) is 0 Å². The van der Waals surface area contributed by atoms with Crippen LogP contribution < -0.4 is 16.0 Å². The Balaban J connectivity index is 1.73. The molecule has 0 saturated heterocycles. The Morgan fingerprint density at radius 1 is 0.617 bits per heavy atom. The first kappa shape index (κ1) is 35.1.